The van der Waals surface area contributed by atoms with Crippen LogP contribution >= 0.6 is 0 Å². The van der Waals surface area contributed by atoms with Crippen LogP contribution in [0.25, 0.3) is 6.08 Å². The standard InChI is InChI=1S/C14H15NO3/c16-13-6-3-9-15(13)10-12-5-2-1-4-11(12)7-8-14(17)18/h1-2,4-5,7-8H,3,6,9-10H2,(H,17,18). The Morgan fingerprint density at radius 1 is 1.39 bits per heavy atom. The topological polar surface area (TPSA) is 57.6 Å². The number of benzene rings is 1. The summed E-state index contributed by atoms with van der Waals surface area (Å²) in [5, 5.41) is 8.64. The molecule has 1 fully saturated rings. The maximum absolute atomic E-state index is 11.6. The molecule has 0 radical (unpaired) electrons. The van der Waals surface area contributed by atoms with Gasteiger partial charge in [-0.25, -0.2) is 4.79 Å². The van der Waals surface area contributed by atoms with Gasteiger partial charge in [-0.2, -0.15) is 0 Å². The maximum atomic E-state index is 11.6. The van der Waals surface area contributed by atoms with Crippen LogP contribution < -0.4 is 0 Å². The quantitative estimate of drug-likeness (QED) is 0.824. The fourth-order valence-electron chi connectivity index (χ4n) is 2.08. The minimum absolute atomic E-state index is 0.173. The third kappa shape index (κ3) is 2.97. The van der Waals surface area contributed by atoms with Gasteiger partial charge in [-0.3, -0.25) is 4.79 Å². The molecule has 1 amide bonds. The van der Waals surface area contributed by atoms with Crippen molar-refractivity contribution in [3.8, 4) is 0 Å². The van der Waals surface area contributed by atoms with Gasteiger partial charge in [-0.1, -0.05) is 24.3 Å². The van der Waals surface area contributed by atoms with Gasteiger partial charge in [0.15, 0.2) is 0 Å². The zero-order chi connectivity index (χ0) is 13.0. The van der Waals surface area contributed by atoms with Gasteiger partial charge < -0.3 is 10.0 Å². The number of nitrogens with zero attached hydrogens (tertiary/aromatic N) is 1. The molecule has 0 bridgehead atoms. The van der Waals surface area contributed by atoms with Crippen molar-refractivity contribution in [1.82, 2.24) is 4.90 Å². The van der Waals surface area contributed by atoms with Crippen molar-refractivity contribution in [2.45, 2.75) is 19.4 Å². The van der Waals surface area contributed by atoms with Crippen LogP contribution in [0.15, 0.2) is 30.3 Å². The average molecular weight is 245 g/mol. The second kappa shape index (κ2) is 5.49. The largest absolute Gasteiger partial charge is 0.478 e. The van der Waals surface area contributed by atoms with E-state index in [1.165, 1.54) is 0 Å². The summed E-state index contributed by atoms with van der Waals surface area (Å²) in [5.74, 6) is -0.797. The number of aliphatic carboxylic acids is 1. The van der Waals surface area contributed by atoms with E-state index in [2.05, 4.69) is 0 Å². The van der Waals surface area contributed by atoms with Crippen LogP contribution in [-0.4, -0.2) is 28.4 Å². The third-order valence-corrected chi connectivity index (χ3v) is 2.99. The Hall–Kier alpha value is -2.10. The minimum Gasteiger partial charge on any atom is -0.478 e. The van der Waals surface area contributed by atoms with E-state index in [4.69, 9.17) is 5.11 Å². The fourth-order valence-corrected chi connectivity index (χ4v) is 2.08. The first-order valence-electron chi connectivity index (χ1n) is 5.93. The molecule has 94 valence electrons. The lowest BCUT2D eigenvalue weighted by Crippen LogP contribution is -2.24. The van der Waals surface area contributed by atoms with Gasteiger partial charge in [0.1, 0.15) is 0 Å². The van der Waals surface area contributed by atoms with Crippen molar-refractivity contribution < 1.29 is 14.7 Å². The first-order chi connectivity index (χ1) is 8.66. The average Bonchev–Trinajstić information content (AvgIpc) is 2.74. The van der Waals surface area contributed by atoms with Gasteiger partial charge in [0.05, 0.1) is 0 Å². The summed E-state index contributed by atoms with van der Waals surface area (Å²) in [4.78, 5) is 23.9. The number of amides is 1. The van der Waals surface area contributed by atoms with Crippen LogP contribution in [0.2, 0.25) is 0 Å². The summed E-state index contributed by atoms with van der Waals surface area (Å²) in [7, 11) is 0. The highest BCUT2D eigenvalue weighted by Crippen LogP contribution is 2.18. The molecule has 1 saturated heterocycles. The Bertz CT molecular complexity index is 494. The molecule has 1 aliphatic heterocycles. The number of carbonyl (C=O) groups excluding carboxylic acids is 1. The number of carboxylic acids is 1. The van der Waals surface area contributed by atoms with Crippen LogP contribution in [0.1, 0.15) is 24.0 Å². The molecule has 0 aromatic heterocycles. The lowest BCUT2D eigenvalue weighted by Gasteiger charge is -2.16. The Kier molecular flexibility index (Phi) is 3.77. The Balaban J connectivity index is 2.16. The van der Waals surface area contributed by atoms with Crippen LogP contribution in [0, 0.1) is 0 Å². The molecule has 18 heavy (non-hydrogen) atoms. The van der Waals surface area contributed by atoms with Crippen molar-refractivity contribution >= 4 is 18.0 Å². The zero-order valence-electron chi connectivity index (χ0n) is 10.0. The van der Waals surface area contributed by atoms with Gasteiger partial charge in [-0.15, -0.1) is 0 Å². The maximum Gasteiger partial charge on any atom is 0.328 e. The lowest BCUT2D eigenvalue weighted by atomic mass is 10.1. The molecule has 1 aliphatic rings. The van der Waals surface area contributed by atoms with E-state index in [0.717, 1.165) is 30.2 Å². The molecule has 1 aromatic carbocycles. The molecule has 1 heterocycles. The molecular weight excluding hydrogens is 230 g/mol. The predicted octanol–water partition coefficient (Wildman–Crippen LogP) is 1.91. The van der Waals surface area contributed by atoms with Crippen LogP contribution in [-0.2, 0) is 16.1 Å². The van der Waals surface area contributed by atoms with E-state index in [9.17, 15) is 9.59 Å². The third-order valence-electron chi connectivity index (χ3n) is 2.99. The van der Waals surface area contributed by atoms with Gasteiger partial charge in [0.2, 0.25) is 5.91 Å². The van der Waals surface area contributed by atoms with Crippen molar-refractivity contribution in [3.05, 3.63) is 41.5 Å². The van der Waals surface area contributed by atoms with Crippen molar-refractivity contribution in [3.63, 3.8) is 0 Å². The molecule has 1 N–H and O–H groups in total. The van der Waals surface area contributed by atoms with Gasteiger partial charge in [0.25, 0.3) is 0 Å². The Labute approximate surface area is 106 Å². The molecule has 1 aromatic rings. The van der Waals surface area contributed by atoms with Crippen LogP contribution in [0.5, 0.6) is 0 Å². The smallest absolute Gasteiger partial charge is 0.328 e. The molecule has 4 nitrogen and oxygen atoms in total. The van der Waals surface area contributed by atoms with Gasteiger partial charge >= 0.3 is 5.97 Å². The lowest BCUT2D eigenvalue weighted by molar-refractivity contribution is -0.131. The number of rotatable bonds is 4. The van der Waals surface area contributed by atoms with Crippen LogP contribution in [0.3, 0.4) is 0 Å². The molecule has 0 spiro atoms. The monoisotopic (exact) mass is 245 g/mol. The number of carboxylic acid groups (broad SMARTS) is 1. The number of likely N-dealkylation sites (tertiary alicyclic amines) is 1. The normalized spacial score (nSPS) is 15.6. The number of hydrogen-bond donors (Lipinski definition) is 1. The summed E-state index contributed by atoms with van der Waals surface area (Å²) in [6, 6.07) is 7.53. The summed E-state index contributed by atoms with van der Waals surface area (Å²) >= 11 is 0. The van der Waals surface area contributed by atoms with Gasteiger partial charge in [-0.05, 0) is 23.6 Å². The van der Waals surface area contributed by atoms with E-state index < -0.39 is 5.97 Å². The van der Waals surface area contributed by atoms with E-state index >= 15 is 0 Å². The molecule has 2 rings (SSSR count). The summed E-state index contributed by atoms with van der Waals surface area (Å²) in [6.45, 7) is 1.34. The minimum atomic E-state index is -0.970. The molecule has 4 heteroatoms. The predicted molar refractivity (Wildman–Crippen MR) is 67.8 cm³/mol. The van der Waals surface area contributed by atoms with E-state index in [0.29, 0.717) is 13.0 Å². The van der Waals surface area contributed by atoms with E-state index in [1.54, 1.807) is 6.08 Å². The summed E-state index contributed by atoms with van der Waals surface area (Å²) < 4.78 is 0. The number of carbonyl (C=O) groups is 2. The molecule has 0 aliphatic carbocycles. The molecule has 0 atom stereocenters. The van der Waals surface area contributed by atoms with Crippen molar-refractivity contribution in [1.29, 1.82) is 0 Å². The van der Waals surface area contributed by atoms with E-state index in [1.807, 2.05) is 29.2 Å². The van der Waals surface area contributed by atoms with Crippen LogP contribution in [0.4, 0.5) is 0 Å². The second-order valence-electron chi connectivity index (χ2n) is 4.29. The first-order valence-corrected chi connectivity index (χ1v) is 5.93. The zero-order valence-corrected chi connectivity index (χ0v) is 10.0. The molecular formula is C14H15NO3. The molecule has 0 saturated carbocycles. The second-order valence-corrected chi connectivity index (χ2v) is 4.29. The highest BCUT2D eigenvalue weighted by Gasteiger charge is 2.20. The highest BCUT2D eigenvalue weighted by atomic mass is 16.4. The summed E-state index contributed by atoms with van der Waals surface area (Å²) in [6.07, 6.45) is 4.21. The molecule has 0 unspecified atom stereocenters. The highest BCUT2D eigenvalue weighted by molar-refractivity contribution is 5.85. The first kappa shape index (κ1) is 12.4. The van der Waals surface area contributed by atoms with Gasteiger partial charge in [0, 0.05) is 25.6 Å². The Morgan fingerprint density at radius 3 is 2.83 bits per heavy atom. The number of hydrogen-bond acceptors (Lipinski definition) is 2. The fraction of sp³-hybridized carbons (Fsp3) is 0.286. The van der Waals surface area contributed by atoms with E-state index in [-0.39, 0.29) is 5.91 Å². The van der Waals surface area contributed by atoms with Crippen molar-refractivity contribution in [2.75, 3.05) is 6.54 Å². The Morgan fingerprint density at radius 2 is 2.17 bits per heavy atom. The summed E-state index contributed by atoms with van der Waals surface area (Å²) in [5.41, 5.74) is 1.82. The van der Waals surface area contributed by atoms with Crippen molar-refractivity contribution in [2.24, 2.45) is 0 Å². The SMILES string of the molecule is O=C(O)C=Cc1ccccc1CN1CCCC1=O.